The zero-order valence-corrected chi connectivity index (χ0v) is 11.9. The predicted octanol–water partition coefficient (Wildman–Crippen LogP) is 2.51. The van der Waals surface area contributed by atoms with Gasteiger partial charge in [0.05, 0.1) is 0 Å². The number of hydrogen-bond donors (Lipinski definition) is 2. The van der Waals surface area contributed by atoms with Crippen LogP contribution in [-0.2, 0) is 0 Å². The first kappa shape index (κ1) is 13.8. The molecule has 0 fully saturated rings. The minimum absolute atomic E-state index is 0.0721. The van der Waals surface area contributed by atoms with E-state index in [4.69, 9.17) is 10.2 Å². The van der Waals surface area contributed by atoms with Crippen LogP contribution in [0.5, 0.6) is 0 Å². The molecule has 0 aliphatic rings. The third-order valence-electron chi connectivity index (χ3n) is 3.03. The third kappa shape index (κ3) is 2.95. The maximum absolute atomic E-state index is 11.9. The molecule has 6 heteroatoms. The number of carbonyl (C=O) groups is 1. The van der Waals surface area contributed by atoms with Gasteiger partial charge >= 0.3 is 6.01 Å². The quantitative estimate of drug-likeness (QED) is 0.561. The van der Waals surface area contributed by atoms with Crippen molar-refractivity contribution in [1.29, 1.82) is 0 Å². The van der Waals surface area contributed by atoms with Crippen molar-refractivity contribution < 1.29 is 9.21 Å². The van der Waals surface area contributed by atoms with Gasteiger partial charge in [0.15, 0.2) is 5.58 Å². The zero-order valence-electron chi connectivity index (χ0n) is 11.9. The molecule has 0 atom stereocenters. The maximum atomic E-state index is 11.9. The van der Waals surface area contributed by atoms with Crippen LogP contribution in [-0.4, -0.2) is 16.9 Å². The van der Waals surface area contributed by atoms with Crippen LogP contribution in [0.25, 0.3) is 11.1 Å². The average molecular weight is 294 g/mol. The van der Waals surface area contributed by atoms with Gasteiger partial charge in [-0.25, -0.2) is 0 Å². The summed E-state index contributed by atoms with van der Waals surface area (Å²) in [4.78, 5) is 20.1. The second-order valence-electron chi connectivity index (χ2n) is 4.78. The number of nitrogens with one attached hydrogen (secondary N) is 1. The van der Waals surface area contributed by atoms with Crippen molar-refractivity contribution in [2.75, 3.05) is 0 Å². The van der Waals surface area contributed by atoms with Crippen molar-refractivity contribution in [3.05, 3.63) is 59.7 Å². The number of fused-ring (bicyclic) bond motifs is 1. The Kier molecular flexibility index (Phi) is 3.57. The number of carbonyl (C=O) groups excluding carboxylic acids is 1. The number of nitrogens with zero attached hydrogens (tertiary/aromatic N) is 2. The number of aromatic nitrogens is 1. The van der Waals surface area contributed by atoms with E-state index in [1.54, 1.807) is 24.3 Å². The molecule has 0 saturated carbocycles. The van der Waals surface area contributed by atoms with Gasteiger partial charge in [0.25, 0.3) is 5.91 Å². The number of amides is 1. The van der Waals surface area contributed by atoms with E-state index in [2.05, 4.69) is 15.3 Å². The molecule has 110 valence electrons. The van der Waals surface area contributed by atoms with E-state index >= 15 is 0 Å². The van der Waals surface area contributed by atoms with Crippen molar-refractivity contribution >= 4 is 29.0 Å². The van der Waals surface area contributed by atoms with Gasteiger partial charge in [0, 0.05) is 5.56 Å². The SMILES string of the molecule is Cc1ccc2oc(/N=C(/N)NC(=O)c3ccccc3)nc2c1. The second-order valence-corrected chi connectivity index (χ2v) is 4.78. The van der Waals surface area contributed by atoms with Crippen LogP contribution < -0.4 is 11.1 Å². The maximum Gasteiger partial charge on any atom is 0.325 e. The highest BCUT2D eigenvalue weighted by Gasteiger charge is 2.08. The van der Waals surface area contributed by atoms with Crippen LogP contribution in [0.1, 0.15) is 15.9 Å². The van der Waals surface area contributed by atoms with E-state index in [1.165, 1.54) is 0 Å². The zero-order chi connectivity index (χ0) is 15.5. The largest absolute Gasteiger partial charge is 0.422 e. The highest BCUT2D eigenvalue weighted by molar-refractivity contribution is 6.05. The van der Waals surface area contributed by atoms with Gasteiger partial charge in [0.2, 0.25) is 5.96 Å². The molecule has 3 N–H and O–H groups in total. The topological polar surface area (TPSA) is 93.5 Å². The number of guanidine groups is 1. The van der Waals surface area contributed by atoms with Crippen molar-refractivity contribution in [2.24, 2.45) is 10.7 Å². The number of rotatable bonds is 2. The van der Waals surface area contributed by atoms with Crippen LogP contribution in [0.2, 0.25) is 0 Å². The molecule has 0 saturated heterocycles. The molecule has 0 spiro atoms. The first-order chi connectivity index (χ1) is 10.6. The monoisotopic (exact) mass is 294 g/mol. The van der Waals surface area contributed by atoms with Gasteiger partial charge in [-0.05, 0) is 36.8 Å². The Morgan fingerprint density at radius 1 is 1.23 bits per heavy atom. The predicted molar refractivity (Wildman–Crippen MR) is 83.9 cm³/mol. The smallest absolute Gasteiger partial charge is 0.325 e. The molecule has 1 amide bonds. The molecule has 3 aromatic rings. The molecule has 2 aromatic carbocycles. The van der Waals surface area contributed by atoms with E-state index in [0.29, 0.717) is 16.7 Å². The lowest BCUT2D eigenvalue weighted by atomic mass is 10.2. The van der Waals surface area contributed by atoms with E-state index < -0.39 is 0 Å². The number of oxazole rings is 1. The molecule has 0 aliphatic carbocycles. The molecule has 3 rings (SSSR count). The fourth-order valence-electron chi connectivity index (χ4n) is 1.98. The van der Waals surface area contributed by atoms with E-state index in [0.717, 1.165) is 5.56 Å². The van der Waals surface area contributed by atoms with Gasteiger partial charge in [-0.2, -0.15) is 9.98 Å². The van der Waals surface area contributed by atoms with E-state index in [1.807, 2.05) is 31.2 Å². The summed E-state index contributed by atoms with van der Waals surface area (Å²) in [6.45, 7) is 1.96. The summed E-state index contributed by atoms with van der Waals surface area (Å²) in [6, 6.07) is 14.5. The normalized spacial score (nSPS) is 11.6. The molecule has 22 heavy (non-hydrogen) atoms. The third-order valence-corrected chi connectivity index (χ3v) is 3.03. The Labute approximate surface area is 126 Å². The summed E-state index contributed by atoms with van der Waals surface area (Å²) in [5.74, 6) is -0.411. The van der Waals surface area contributed by atoms with Crippen LogP contribution in [0.15, 0.2) is 57.9 Å². The van der Waals surface area contributed by atoms with Gasteiger partial charge in [0.1, 0.15) is 5.52 Å². The molecular formula is C16H14N4O2. The number of aliphatic imine (C=N–C) groups is 1. The Morgan fingerprint density at radius 3 is 2.77 bits per heavy atom. The van der Waals surface area contributed by atoms with Crippen molar-refractivity contribution in [3.63, 3.8) is 0 Å². The molecule has 0 aliphatic heterocycles. The number of aryl methyl sites for hydroxylation is 1. The lowest BCUT2D eigenvalue weighted by molar-refractivity contribution is 0.0976. The van der Waals surface area contributed by atoms with Crippen LogP contribution in [0, 0.1) is 6.92 Å². The first-order valence-corrected chi connectivity index (χ1v) is 6.69. The van der Waals surface area contributed by atoms with Gasteiger partial charge in [-0.3, -0.25) is 10.1 Å². The van der Waals surface area contributed by atoms with E-state index in [9.17, 15) is 4.79 Å². The van der Waals surface area contributed by atoms with Crippen LogP contribution in [0.4, 0.5) is 6.01 Å². The molecule has 1 aromatic heterocycles. The summed E-state index contributed by atoms with van der Waals surface area (Å²) < 4.78 is 5.45. The number of nitrogens with two attached hydrogens (primary N) is 1. The Morgan fingerprint density at radius 2 is 2.00 bits per heavy atom. The summed E-state index contributed by atoms with van der Waals surface area (Å²) >= 11 is 0. The van der Waals surface area contributed by atoms with Crippen molar-refractivity contribution in [3.8, 4) is 0 Å². The number of benzene rings is 2. The molecule has 6 nitrogen and oxygen atoms in total. The van der Waals surface area contributed by atoms with Gasteiger partial charge < -0.3 is 10.2 Å². The molecule has 0 unspecified atom stereocenters. The minimum Gasteiger partial charge on any atom is -0.422 e. The fraction of sp³-hybridized carbons (Fsp3) is 0.0625. The Bertz CT molecular complexity index is 853. The summed E-state index contributed by atoms with van der Waals surface area (Å²) in [5.41, 5.74) is 8.59. The van der Waals surface area contributed by atoms with Gasteiger partial charge in [-0.15, -0.1) is 0 Å². The van der Waals surface area contributed by atoms with Gasteiger partial charge in [-0.1, -0.05) is 24.3 Å². The molecule has 0 bridgehead atoms. The highest BCUT2D eigenvalue weighted by atomic mass is 16.4. The molecule has 0 radical (unpaired) electrons. The standard InChI is InChI=1S/C16H14N4O2/c1-10-7-8-13-12(9-10)18-16(22-13)20-15(17)19-14(21)11-5-3-2-4-6-11/h2-9H,1H3,(H3,17,18,19,20,21). The number of hydrogen-bond acceptors (Lipinski definition) is 4. The Hall–Kier alpha value is -3.15. The lowest BCUT2D eigenvalue weighted by Crippen LogP contribution is -2.36. The summed E-state index contributed by atoms with van der Waals surface area (Å²) in [6.07, 6.45) is 0. The summed E-state index contributed by atoms with van der Waals surface area (Å²) in [7, 11) is 0. The second kappa shape index (κ2) is 5.69. The summed E-state index contributed by atoms with van der Waals surface area (Å²) in [5, 5.41) is 2.49. The minimum atomic E-state index is -0.339. The van der Waals surface area contributed by atoms with Crippen LogP contribution in [0.3, 0.4) is 0 Å². The van der Waals surface area contributed by atoms with Crippen molar-refractivity contribution in [2.45, 2.75) is 6.92 Å². The fourth-order valence-corrected chi connectivity index (χ4v) is 1.98. The lowest BCUT2D eigenvalue weighted by Gasteiger charge is -2.02. The Balaban J connectivity index is 1.79. The first-order valence-electron chi connectivity index (χ1n) is 6.69. The molecular weight excluding hydrogens is 280 g/mol. The van der Waals surface area contributed by atoms with Crippen LogP contribution >= 0.6 is 0 Å². The van der Waals surface area contributed by atoms with E-state index in [-0.39, 0.29) is 17.9 Å². The molecule has 1 heterocycles. The van der Waals surface area contributed by atoms with Crippen molar-refractivity contribution in [1.82, 2.24) is 10.3 Å². The average Bonchev–Trinajstić information content (AvgIpc) is 2.89. The highest BCUT2D eigenvalue weighted by Crippen LogP contribution is 2.21.